The van der Waals surface area contributed by atoms with Crippen LogP contribution in [0.5, 0.6) is 11.5 Å². The predicted octanol–water partition coefficient (Wildman–Crippen LogP) is 2.12. The Bertz CT molecular complexity index is 936. The zero-order chi connectivity index (χ0) is 18.0. The molecule has 0 bridgehead atoms. The van der Waals surface area contributed by atoms with Crippen molar-refractivity contribution in [2.45, 2.75) is 20.5 Å². The Morgan fingerprint density at radius 1 is 1.12 bits per heavy atom. The second-order valence-corrected chi connectivity index (χ2v) is 5.44. The number of hydrogen-bond donors (Lipinski definition) is 0. The molecule has 0 aliphatic heterocycles. The normalized spacial score (nSPS) is 10.7. The van der Waals surface area contributed by atoms with E-state index in [4.69, 9.17) is 14.2 Å². The highest BCUT2D eigenvalue weighted by molar-refractivity contribution is 5.85. The molecule has 0 unspecified atom stereocenters. The molecule has 0 amide bonds. The summed E-state index contributed by atoms with van der Waals surface area (Å²) in [5, 5.41) is 4.15. The van der Waals surface area contributed by atoms with Crippen molar-refractivity contribution in [3.8, 4) is 11.5 Å². The molecule has 2 heterocycles. The Kier molecular flexibility index (Phi) is 4.51. The Hall–Kier alpha value is -3.16. The molecule has 2 aromatic heterocycles. The second kappa shape index (κ2) is 6.76. The molecule has 0 radical (unpaired) electrons. The van der Waals surface area contributed by atoms with Crippen LogP contribution in [0.3, 0.4) is 0 Å². The average Bonchev–Trinajstić information content (AvgIpc) is 3.03. The molecule has 0 fully saturated rings. The molecule has 25 heavy (non-hydrogen) atoms. The molecule has 0 N–H and O–H groups in total. The van der Waals surface area contributed by atoms with Crippen LogP contribution in [-0.4, -0.2) is 39.8 Å². The number of carbonyl (C=O) groups excluding carboxylic acids is 1. The number of benzene rings is 1. The Labute approximate surface area is 144 Å². The van der Waals surface area contributed by atoms with Gasteiger partial charge >= 0.3 is 5.97 Å². The first-order valence-electron chi connectivity index (χ1n) is 7.61. The zero-order valence-electron chi connectivity index (χ0n) is 14.4. The number of methoxy groups -OCH3 is 2. The summed E-state index contributed by atoms with van der Waals surface area (Å²) < 4.78 is 17.3. The summed E-state index contributed by atoms with van der Waals surface area (Å²) in [6.07, 6.45) is 0. The maximum Gasteiger partial charge on any atom is 0.378 e. The van der Waals surface area contributed by atoms with Crippen LogP contribution in [0.4, 0.5) is 0 Å². The molecule has 3 aromatic rings. The first-order chi connectivity index (χ1) is 12.0. The number of hydrogen-bond acceptors (Lipinski definition) is 7. The van der Waals surface area contributed by atoms with Gasteiger partial charge in [-0.3, -0.25) is 0 Å². The summed E-state index contributed by atoms with van der Waals surface area (Å²) in [6.45, 7) is 3.74. The molecule has 8 heteroatoms. The highest BCUT2D eigenvalue weighted by atomic mass is 16.5. The zero-order valence-corrected chi connectivity index (χ0v) is 14.4. The van der Waals surface area contributed by atoms with Crippen molar-refractivity contribution in [3.63, 3.8) is 0 Å². The number of nitrogens with zero attached hydrogens (tertiary/aromatic N) is 4. The number of ether oxygens (including phenoxy) is 3. The van der Waals surface area contributed by atoms with Gasteiger partial charge in [0.1, 0.15) is 18.1 Å². The fourth-order valence-corrected chi connectivity index (χ4v) is 2.46. The second-order valence-electron chi connectivity index (χ2n) is 5.44. The van der Waals surface area contributed by atoms with E-state index in [0.717, 1.165) is 11.4 Å². The van der Waals surface area contributed by atoms with Gasteiger partial charge in [0.2, 0.25) is 0 Å². The average molecular weight is 342 g/mol. The van der Waals surface area contributed by atoms with Crippen molar-refractivity contribution in [2.24, 2.45) is 0 Å². The summed E-state index contributed by atoms with van der Waals surface area (Å²) >= 11 is 0. The van der Waals surface area contributed by atoms with Gasteiger partial charge in [-0.15, -0.1) is 5.10 Å². The lowest BCUT2D eigenvalue weighted by Gasteiger charge is -2.10. The summed E-state index contributed by atoms with van der Waals surface area (Å²) in [5.41, 5.74) is 2.33. The number of aromatic nitrogens is 4. The SMILES string of the molecule is COc1ccc(OC)c(COC(=O)c2nc3nc(C)cc(C)n3n2)c1. The molecular weight excluding hydrogens is 324 g/mol. The lowest BCUT2D eigenvalue weighted by molar-refractivity contribution is 0.0455. The quantitative estimate of drug-likeness (QED) is 0.656. The van der Waals surface area contributed by atoms with Gasteiger partial charge in [0.25, 0.3) is 11.6 Å². The van der Waals surface area contributed by atoms with Crippen LogP contribution in [0, 0.1) is 13.8 Å². The maximum atomic E-state index is 12.3. The van der Waals surface area contributed by atoms with Gasteiger partial charge in [0.15, 0.2) is 0 Å². The van der Waals surface area contributed by atoms with Crippen molar-refractivity contribution in [3.05, 3.63) is 47.0 Å². The summed E-state index contributed by atoms with van der Waals surface area (Å²) in [5.74, 6) is 0.941. The minimum absolute atomic E-state index is 0.0141. The van der Waals surface area contributed by atoms with Crippen molar-refractivity contribution in [1.82, 2.24) is 19.6 Å². The van der Waals surface area contributed by atoms with E-state index in [1.165, 1.54) is 4.52 Å². The fourth-order valence-electron chi connectivity index (χ4n) is 2.46. The van der Waals surface area contributed by atoms with Crippen LogP contribution in [0.2, 0.25) is 0 Å². The third-order valence-corrected chi connectivity index (χ3v) is 3.65. The molecule has 0 aliphatic carbocycles. The van der Waals surface area contributed by atoms with E-state index < -0.39 is 5.97 Å². The third kappa shape index (κ3) is 3.37. The number of esters is 1. The van der Waals surface area contributed by atoms with Crippen LogP contribution in [-0.2, 0) is 11.3 Å². The predicted molar refractivity (Wildman–Crippen MR) is 88.9 cm³/mol. The van der Waals surface area contributed by atoms with E-state index in [-0.39, 0.29) is 12.4 Å². The van der Waals surface area contributed by atoms with E-state index in [2.05, 4.69) is 15.1 Å². The number of carbonyl (C=O) groups is 1. The molecule has 0 atom stereocenters. The number of aryl methyl sites for hydroxylation is 2. The Morgan fingerprint density at radius 2 is 1.92 bits per heavy atom. The van der Waals surface area contributed by atoms with Gasteiger partial charge in [-0.2, -0.15) is 4.98 Å². The van der Waals surface area contributed by atoms with Gasteiger partial charge in [-0.05, 0) is 38.1 Å². The van der Waals surface area contributed by atoms with Gasteiger partial charge in [0.05, 0.1) is 14.2 Å². The molecule has 0 saturated carbocycles. The standard InChI is InChI=1S/C17H18N4O4/c1-10-7-11(2)21-17(18-10)19-15(20-21)16(22)25-9-12-8-13(23-3)5-6-14(12)24-4/h5-8H,9H2,1-4H3. The number of rotatable bonds is 5. The van der Waals surface area contributed by atoms with Gasteiger partial charge in [-0.1, -0.05) is 0 Å². The van der Waals surface area contributed by atoms with Crippen LogP contribution in [0.25, 0.3) is 5.78 Å². The van der Waals surface area contributed by atoms with E-state index in [9.17, 15) is 4.79 Å². The smallest absolute Gasteiger partial charge is 0.378 e. The first kappa shape index (κ1) is 16.7. The highest BCUT2D eigenvalue weighted by Crippen LogP contribution is 2.24. The summed E-state index contributed by atoms with van der Waals surface area (Å²) in [4.78, 5) is 20.7. The van der Waals surface area contributed by atoms with Crippen molar-refractivity contribution >= 4 is 11.7 Å². The Balaban J connectivity index is 1.80. The van der Waals surface area contributed by atoms with E-state index in [0.29, 0.717) is 22.8 Å². The van der Waals surface area contributed by atoms with Crippen LogP contribution in [0.15, 0.2) is 24.3 Å². The molecule has 1 aromatic carbocycles. The fraction of sp³-hybridized carbons (Fsp3) is 0.294. The van der Waals surface area contributed by atoms with E-state index in [1.807, 2.05) is 19.9 Å². The largest absolute Gasteiger partial charge is 0.497 e. The lowest BCUT2D eigenvalue weighted by atomic mass is 10.2. The maximum absolute atomic E-state index is 12.3. The molecule has 130 valence electrons. The minimum atomic E-state index is -0.632. The van der Waals surface area contributed by atoms with Crippen molar-refractivity contribution in [1.29, 1.82) is 0 Å². The monoisotopic (exact) mass is 342 g/mol. The molecule has 0 aliphatic rings. The van der Waals surface area contributed by atoms with Crippen LogP contribution >= 0.6 is 0 Å². The Morgan fingerprint density at radius 3 is 2.64 bits per heavy atom. The molecule has 0 spiro atoms. The van der Waals surface area contributed by atoms with Crippen LogP contribution < -0.4 is 9.47 Å². The summed E-state index contributed by atoms with van der Waals surface area (Å²) in [7, 11) is 3.11. The van der Waals surface area contributed by atoms with Crippen LogP contribution in [0.1, 0.15) is 27.6 Å². The van der Waals surface area contributed by atoms with Gasteiger partial charge < -0.3 is 14.2 Å². The van der Waals surface area contributed by atoms with E-state index >= 15 is 0 Å². The highest BCUT2D eigenvalue weighted by Gasteiger charge is 2.17. The topological polar surface area (TPSA) is 87.8 Å². The third-order valence-electron chi connectivity index (χ3n) is 3.65. The molecule has 0 saturated heterocycles. The minimum Gasteiger partial charge on any atom is -0.497 e. The van der Waals surface area contributed by atoms with Gasteiger partial charge in [-0.25, -0.2) is 14.3 Å². The number of fused-ring (bicyclic) bond motifs is 1. The van der Waals surface area contributed by atoms with Gasteiger partial charge in [0, 0.05) is 17.0 Å². The lowest BCUT2D eigenvalue weighted by Crippen LogP contribution is -2.08. The molecule has 8 nitrogen and oxygen atoms in total. The van der Waals surface area contributed by atoms with Crippen molar-refractivity contribution < 1.29 is 19.0 Å². The van der Waals surface area contributed by atoms with Crippen molar-refractivity contribution in [2.75, 3.05) is 14.2 Å². The summed E-state index contributed by atoms with van der Waals surface area (Å²) in [6, 6.07) is 7.13. The first-order valence-corrected chi connectivity index (χ1v) is 7.61. The van der Waals surface area contributed by atoms with E-state index in [1.54, 1.807) is 32.4 Å². The molecule has 3 rings (SSSR count). The molecular formula is C17H18N4O4.